The van der Waals surface area contributed by atoms with Crippen LogP contribution in [0.15, 0.2) is 108 Å². The third-order valence-electron chi connectivity index (χ3n) is 9.21. The van der Waals surface area contributed by atoms with E-state index < -0.39 is 10.0 Å². The number of anilines is 5. The van der Waals surface area contributed by atoms with E-state index in [1.54, 1.807) is 25.2 Å². The fourth-order valence-electron chi connectivity index (χ4n) is 6.27. The van der Waals surface area contributed by atoms with Crippen LogP contribution in [0.1, 0.15) is 10.4 Å². The van der Waals surface area contributed by atoms with Crippen molar-refractivity contribution < 1.29 is 13.2 Å². The molecule has 0 aliphatic carbocycles. The first-order valence-electron chi connectivity index (χ1n) is 16.6. The lowest BCUT2D eigenvalue weighted by Gasteiger charge is -2.36. The molecule has 2 aliphatic heterocycles. The minimum atomic E-state index is -4.06. The largest absolute Gasteiger partial charge is 0.383 e. The van der Waals surface area contributed by atoms with Gasteiger partial charge in [0.2, 0.25) is 0 Å². The zero-order valence-electron chi connectivity index (χ0n) is 27.8. The van der Waals surface area contributed by atoms with Crippen molar-refractivity contribution in [2.75, 3.05) is 104 Å². The highest BCUT2D eigenvalue weighted by atomic mass is 32.2. The highest BCUT2D eigenvalue weighted by molar-refractivity contribution is 7.93. The third kappa shape index (κ3) is 7.75. The molecular formula is C37H45N7O3S. The molecule has 6 rings (SSSR count). The molecule has 48 heavy (non-hydrogen) atoms. The van der Waals surface area contributed by atoms with E-state index in [-0.39, 0.29) is 10.8 Å². The van der Waals surface area contributed by atoms with Crippen molar-refractivity contribution >= 4 is 44.4 Å². The number of carbonyl (C=O) groups excluding carboxylic acids is 1. The molecule has 0 bridgehead atoms. The minimum Gasteiger partial charge on any atom is -0.383 e. The summed E-state index contributed by atoms with van der Waals surface area (Å²) in [5.41, 5.74) is 3.96. The summed E-state index contributed by atoms with van der Waals surface area (Å²) in [5, 5.41) is 6.48. The van der Waals surface area contributed by atoms with Crippen LogP contribution in [0.4, 0.5) is 28.4 Å². The Kier molecular flexibility index (Phi) is 10.5. The summed E-state index contributed by atoms with van der Waals surface area (Å²) in [6.45, 7) is 8.16. The van der Waals surface area contributed by atoms with Gasteiger partial charge in [-0.1, -0.05) is 54.6 Å². The zero-order valence-corrected chi connectivity index (χ0v) is 28.6. The average molecular weight is 668 g/mol. The molecule has 0 saturated carbocycles. The van der Waals surface area contributed by atoms with Crippen LogP contribution in [0.3, 0.4) is 0 Å². The van der Waals surface area contributed by atoms with Gasteiger partial charge in [0, 0.05) is 83.9 Å². The van der Waals surface area contributed by atoms with Gasteiger partial charge in [0.15, 0.2) is 0 Å². The predicted molar refractivity (Wildman–Crippen MR) is 196 cm³/mol. The van der Waals surface area contributed by atoms with Gasteiger partial charge >= 0.3 is 0 Å². The van der Waals surface area contributed by atoms with Crippen LogP contribution in [0, 0.1) is 0 Å². The molecule has 2 saturated heterocycles. The average Bonchev–Trinajstić information content (AvgIpc) is 3.13. The second-order valence-corrected chi connectivity index (χ2v) is 14.3. The Balaban J connectivity index is 1.30. The summed E-state index contributed by atoms with van der Waals surface area (Å²) in [6, 6.07) is 32.1. The standard InChI is InChI=1S/C37H45N7O3S/c1-40-20-24-44(25-21-40)35-29-34(38-18-19-42-22-26-43(27-23-42)32-16-10-5-11-17-32)36(48(46,47)41(2)31-14-8-4-9-15-31)28-33(35)37(45)39-30-12-6-3-7-13-30/h3-17,28-29,38H,18-27H2,1-2H3,(H,39,45). The van der Waals surface area contributed by atoms with E-state index in [2.05, 4.69) is 61.5 Å². The lowest BCUT2D eigenvalue weighted by Crippen LogP contribution is -2.47. The predicted octanol–water partition coefficient (Wildman–Crippen LogP) is 4.75. The highest BCUT2D eigenvalue weighted by Crippen LogP contribution is 2.35. The Labute approximate surface area is 284 Å². The Morgan fingerprint density at radius 3 is 1.98 bits per heavy atom. The van der Waals surface area contributed by atoms with Crippen molar-refractivity contribution in [1.82, 2.24) is 9.80 Å². The van der Waals surface area contributed by atoms with Crippen LogP contribution in [0.2, 0.25) is 0 Å². The number of rotatable bonds is 11. The lowest BCUT2D eigenvalue weighted by atomic mass is 10.1. The van der Waals surface area contributed by atoms with E-state index in [0.29, 0.717) is 29.2 Å². The number of sulfonamides is 1. The molecule has 2 heterocycles. The van der Waals surface area contributed by atoms with Crippen LogP contribution in [0.25, 0.3) is 0 Å². The number of hydrogen-bond acceptors (Lipinski definition) is 8. The molecule has 10 nitrogen and oxygen atoms in total. The normalized spacial score (nSPS) is 16.0. The molecular weight excluding hydrogens is 623 g/mol. The number of piperazine rings is 2. The number of nitrogens with one attached hydrogen (secondary N) is 2. The third-order valence-corrected chi connectivity index (χ3v) is 11.0. The van der Waals surface area contributed by atoms with Gasteiger partial charge in [0.05, 0.1) is 22.6 Å². The second-order valence-electron chi connectivity index (χ2n) is 12.4. The first-order chi connectivity index (χ1) is 23.3. The summed E-state index contributed by atoms with van der Waals surface area (Å²) in [5.74, 6) is -0.350. The fourth-order valence-corrected chi connectivity index (χ4v) is 7.64. The van der Waals surface area contributed by atoms with Gasteiger partial charge in [-0.15, -0.1) is 0 Å². The lowest BCUT2D eigenvalue weighted by molar-refractivity contribution is 0.102. The summed E-state index contributed by atoms with van der Waals surface area (Å²) >= 11 is 0. The van der Waals surface area contributed by atoms with Crippen molar-refractivity contribution in [2.24, 2.45) is 0 Å². The molecule has 2 fully saturated rings. The molecule has 252 valence electrons. The fraction of sp³-hybridized carbons (Fsp3) is 0.324. The molecule has 2 aliphatic rings. The van der Waals surface area contributed by atoms with Crippen LogP contribution < -0.4 is 24.7 Å². The number of benzene rings is 4. The van der Waals surface area contributed by atoms with Crippen molar-refractivity contribution in [3.8, 4) is 0 Å². The van der Waals surface area contributed by atoms with Crippen LogP contribution in [0.5, 0.6) is 0 Å². The number of carbonyl (C=O) groups is 1. The summed E-state index contributed by atoms with van der Waals surface area (Å²) in [6.07, 6.45) is 0. The Morgan fingerprint density at radius 2 is 1.33 bits per heavy atom. The van der Waals surface area contributed by atoms with Gasteiger partial charge in [-0.25, -0.2) is 8.42 Å². The molecule has 11 heteroatoms. The van der Waals surface area contributed by atoms with E-state index in [1.165, 1.54) is 9.99 Å². The minimum absolute atomic E-state index is 0.0684. The van der Waals surface area contributed by atoms with E-state index in [4.69, 9.17) is 0 Å². The second kappa shape index (κ2) is 15.1. The van der Waals surface area contributed by atoms with Gasteiger partial charge in [0.25, 0.3) is 15.9 Å². The van der Waals surface area contributed by atoms with Gasteiger partial charge in [-0.3, -0.25) is 14.0 Å². The quantitative estimate of drug-likeness (QED) is 0.237. The summed E-state index contributed by atoms with van der Waals surface area (Å²) in [7, 11) is -0.417. The van der Waals surface area contributed by atoms with E-state index >= 15 is 0 Å². The van der Waals surface area contributed by atoms with Gasteiger partial charge in [0.1, 0.15) is 4.90 Å². The number of likely N-dealkylation sites (N-methyl/N-ethyl adjacent to an activating group) is 1. The first kappa shape index (κ1) is 33.3. The van der Waals surface area contributed by atoms with Crippen LogP contribution in [-0.4, -0.2) is 104 Å². The Morgan fingerprint density at radius 1 is 0.750 bits per heavy atom. The van der Waals surface area contributed by atoms with E-state index in [0.717, 1.165) is 64.6 Å². The van der Waals surface area contributed by atoms with Gasteiger partial charge in [-0.2, -0.15) is 0 Å². The number of para-hydroxylation sites is 3. The Hall–Kier alpha value is -4.58. The number of amides is 1. The molecule has 4 aromatic carbocycles. The molecule has 2 N–H and O–H groups in total. The van der Waals surface area contributed by atoms with Crippen molar-refractivity contribution in [3.05, 3.63) is 109 Å². The maximum atomic E-state index is 14.4. The highest BCUT2D eigenvalue weighted by Gasteiger charge is 2.30. The summed E-state index contributed by atoms with van der Waals surface area (Å²) < 4.78 is 30.0. The van der Waals surface area contributed by atoms with Crippen LogP contribution >= 0.6 is 0 Å². The number of nitrogens with zero attached hydrogens (tertiary/aromatic N) is 5. The van der Waals surface area contributed by atoms with Gasteiger partial charge in [-0.05, 0) is 55.6 Å². The van der Waals surface area contributed by atoms with E-state index in [9.17, 15) is 13.2 Å². The SMILES string of the molecule is CN1CCN(c2cc(NCCN3CCN(c4ccccc4)CC3)c(S(=O)(=O)N(C)c3ccccc3)cc2C(=O)Nc2ccccc2)CC1. The molecule has 4 aromatic rings. The monoisotopic (exact) mass is 667 g/mol. The molecule has 0 spiro atoms. The number of hydrogen-bond donors (Lipinski definition) is 2. The van der Waals surface area contributed by atoms with Crippen molar-refractivity contribution in [3.63, 3.8) is 0 Å². The summed E-state index contributed by atoms with van der Waals surface area (Å²) in [4.78, 5) is 23.2. The molecule has 1 amide bonds. The van der Waals surface area contributed by atoms with Crippen molar-refractivity contribution in [1.29, 1.82) is 0 Å². The molecule has 0 radical (unpaired) electrons. The zero-order chi connectivity index (χ0) is 33.5. The maximum absolute atomic E-state index is 14.4. The molecule has 0 unspecified atom stereocenters. The molecule has 0 atom stereocenters. The van der Waals surface area contributed by atoms with Crippen LogP contribution in [-0.2, 0) is 10.0 Å². The smallest absolute Gasteiger partial charge is 0.266 e. The molecule has 0 aromatic heterocycles. The first-order valence-corrected chi connectivity index (χ1v) is 18.0. The van der Waals surface area contributed by atoms with Gasteiger partial charge < -0.3 is 25.3 Å². The Bertz CT molecular complexity index is 1760. The van der Waals surface area contributed by atoms with Crippen molar-refractivity contribution in [2.45, 2.75) is 4.90 Å². The maximum Gasteiger partial charge on any atom is 0.266 e. The van der Waals surface area contributed by atoms with E-state index in [1.807, 2.05) is 60.7 Å². The topological polar surface area (TPSA) is 91.5 Å².